The maximum absolute atomic E-state index is 11.9. The van der Waals surface area contributed by atoms with Crippen molar-refractivity contribution in [2.45, 2.75) is 90.8 Å². The number of carbonyl (C=O) groups excluding carboxylic acids is 3. The molecule has 2 amide bonds. The van der Waals surface area contributed by atoms with Gasteiger partial charge in [-0.2, -0.15) is 0 Å². The van der Waals surface area contributed by atoms with Crippen molar-refractivity contribution in [3.05, 3.63) is 0 Å². The number of imide groups is 1. The third-order valence-corrected chi connectivity index (χ3v) is 4.66. The van der Waals surface area contributed by atoms with Crippen LogP contribution in [0.5, 0.6) is 0 Å². The zero-order valence-corrected chi connectivity index (χ0v) is 16.8. The first-order valence-electron chi connectivity index (χ1n) is 9.47. The van der Waals surface area contributed by atoms with E-state index in [2.05, 4.69) is 20.8 Å². The van der Waals surface area contributed by atoms with Gasteiger partial charge in [0.25, 0.3) is 11.8 Å². The Hall–Kier alpha value is -1.47. The number of ether oxygens (including phenoxy) is 2. The number of hydrogen-bond donors (Lipinski definition) is 0. The highest BCUT2D eigenvalue weighted by Crippen LogP contribution is 2.24. The Balaban J connectivity index is 2.35. The second kappa shape index (κ2) is 10.0. The molecule has 1 atom stereocenters. The van der Waals surface area contributed by atoms with E-state index < -0.39 is 23.4 Å². The lowest BCUT2D eigenvalue weighted by molar-refractivity contribution is -0.198. The van der Waals surface area contributed by atoms with E-state index in [0.29, 0.717) is 18.1 Å². The van der Waals surface area contributed by atoms with Gasteiger partial charge in [0, 0.05) is 19.4 Å². The summed E-state index contributed by atoms with van der Waals surface area (Å²) in [4.78, 5) is 39.7. The molecular weight excluding hydrogens is 338 g/mol. The van der Waals surface area contributed by atoms with E-state index in [9.17, 15) is 14.4 Å². The molecule has 7 heteroatoms. The smallest absolute Gasteiger partial charge is 0.333 e. The molecule has 1 unspecified atom stereocenters. The van der Waals surface area contributed by atoms with Gasteiger partial charge >= 0.3 is 5.97 Å². The van der Waals surface area contributed by atoms with Crippen LogP contribution in [0.4, 0.5) is 0 Å². The molecule has 150 valence electrons. The summed E-state index contributed by atoms with van der Waals surface area (Å²) in [5.74, 6) is -1.54. The van der Waals surface area contributed by atoms with Crippen molar-refractivity contribution in [1.29, 1.82) is 0 Å². The van der Waals surface area contributed by atoms with Crippen molar-refractivity contribution in [2.24, 2.45) is 0 Å². The highest BCUT2D eigenvalue weighted by Gasteiger charge is 2.33. The van der Waals surface area contributed by atoms with E-state index >= 15 is 0 Å². The summed E-state index contributed by atoms with van der Waals surface area (Å²) >= 11 is 0. The standard InChI is InChI=1S/C19H33NO6/c1-6-13-25-19(5,7-2)12-14-24-18(3,4)11-10-17(23)26-20-15(21)8-9-16(20)22/h6-14H2,1-5H3. The summed E-state index contributed by atoms with van der Waals surface area (Å²) in [7, 11) is 0. The van der Waals surface area contributed by atoms with Gasteiger partial charge in [0.2, 0.25) is 0 Å². The number of rotatable bonds is 12. The topological polar surface area (TPSA) is 82.1 Å². The molecule has 1 aliphatic rings. The Morgan fingerprint density at radius 3 is 2.15 bits per heavy atom. The maximum atomic E-state index is 11.9. The molecule has 26 heavy (non-hydrogen) atoms. The molecule has 0 aromatic heterocycles. The van der Waals surface area contributed by atoms with Crippen LogP contribution >= 0.6 is 0 Å². The lowest BCUT2D eigenvalue weighted by Gasteiger charge is -2.31. The van der Waals surface area contributed by atoms with Crippen LogP contribution in [0.2, 0.25) is 0 Å². The first-order valence-corrected chi connectivity index (χ1v) is 9.47. The van der Waals surface area contributed by atoms with Crippen molar-refractivity contribution < 1.29 is 28.7 Å². The molecular formula is C19H33NO6. The van der Waals surface area contributed by atoms with Gasteiger partial charge in [-0.05, 0) is 46.5 Å². The van der Waals surface area contributed by atoms with Gasteiger partial charge in [0.15, 0.2) is 0 Å². The van der Waals surface area contributed by atoms with Crippen molar-refractivity contribution in [1.82, 2.24) is 5.06 Å². The summed E-state index contributed by atoms with van der Waals surface area (Å²) in [6, 6.07) is 0. The maximum Gasteiger partial charge on any atom is 0.333 e. The van der Waals surface area contributed by atoms with Crippen LogP contribution in [0.25, 0.3) is 0 Å². The normalized spacial score (nSPS) is 17.5. The molecule has 1 heterocycles. The molecule has 0 N–H and O–H groups in total. The minimum atomic E-state index is -0.602. The summed E-state index contributed by atoms with van der Waals surface area (Å²) < 4.78 is 11.8. The Labute approximate surface area is 156 Å². The molecule has 0 saturated carbocycles. The van der Waals surface area contributed by atoms with Crippen LogP contribution in [0, 0.1) is 0 Å². The summed E-state index contributed by atoms with van der Waals surface area (Å²) in [6.45, 7) is 11.3. The van der Waals surface area contributed by atoms with Crippen molar-refractivity contribution in [2.75, 3.05) is 13.2 Å². The SMILES string of the molecule is CCCOC(C)(CC)CCOC(C)(C)CCC(=O)ON1C(=O)CCC1=O. The lowest BCUT2D eigenvalue weighted by atomic mass is 9.98. The van der Waals surface area contributed by atoms with Crippen LogP contribution in [-0.2, 0) is 28.7 Å². The van der Waals surface area contributed by atoms with Crippen molar-refractivity contribution in [3.8, 4) is 0 Å². The predicted molar refractivity (Wildman–Crippen MR) is 96.0 cm³/mol. The number of hydrogen-bond acceptors (Lipinski definition) is 6. The van der Waals surface area contributed by atoms with Crippen molar-refractivity contribution >= 4 is 17.8 Å². The van der Waals surface area contributed by atoms with Gasteiger partial charge in [0.05, 0.1) is 24.2 Å². The predicted octanol–water partition coefficient (Wildman–Crippen LogP) is 3.15. The van der Waals surface area contributed by atoms with Crippen molar-refractivity contribution in [3.63, 3.8) is 0 Å². The van der Waals surface area contributed by atoms with Crippen LogP contribution in [0.3, 0.4) is 0 Å². The average Bonchev–Trinajstić information content (AvgIpc) is 2.90. The second-order valence-electron chi connectivity index (χ2n) is 7.56. The fourth-order valence-electron chi connectivity index (χ4n) is 2.52. The highest BCUT2D eigenvalue weighted by atomic mass is 16.7. The molecule has 0 spiro atoms. The number of carbonyl (C=O) groups is 3. The fraction of sp³-hybridized carbons (Fsp3) is 0.842. The molecule has 0 aliphatic carbocycles. The minimum Gasteiger partial charge on any atom is -0.375 e. The zero-order valence-electron chi connectivity index (χ0n) is 16.8. The first-order chi connectivity index (χ1) is 12.1. The van der Waals surface area contributed by atoms with E-state index in [1.807, 2.05) is 13.8 Å². The first kappa shape index (κ1) is 22.6. The van der Waals surface area contributed by atoms with Gasteiger partial charge in [0.1, 0.15) is 0 Å². The molecule has 1 aliphatic heterocycles. The lowest BCUT2D eigenvalue weighted by Crippen LogP contribution is -2.34. The Kier molecular flexibility index (Phi) is 8.70. The van der Waals surface area contributed by atoms with Gasteiger partial charge < -0.3 is 14.3 Å². The second-order valence-corrected chi connectivity index (χ2v) is 7.56. The zero-order chi connectivity index (χ0) is 19.8. The molecule has 1 saturated heterocycles. The highest BCUT2D eigenvalue weighted by molar-refractivity contribution is 6.01. The summed E-state index contributed by atoms with van der Waals surface area (Å²) in [5, 5.41) is 0.577. The van der Waals surface area contributed by atoms with E-state index in [-0.39, 0.29) is 24.9 Å². The number of hydroxylamine groups is 2. The molecule has 1 fully saturated rings. The molecule has 0 bridgehead atoms. The quantitative estimate of drug-likeness (QED) is 0.490. The Morgan fingerprint density at radius 2 is 1.62 bits per heavy atom. The fourth-order valence-corrected chi connectivity index (χ4v) is 2.52. The molecule has 0 aromatic rings. The Bertz CT molecular complexity index is 488. The Morgan fingerprint density at radius 1 is 1.00 bits per heavy atom. The molecule has 1 rings (SSSR count). The van der Waals surface area contributed by atoms with Gasteiger partial charge in [-0.3, -0.25) is 9.59 Å². The van der Waals surface area contributed by atoms with E-state index in [0.717, 1.165) is 25.9 Å². The third-order valence-electron chi connectivity index (χ3n) is 4.66. The van der Waals surface area contributed by atoms with Gasteiger partial charge in [-0.25, -0.2) is 4.79 Å². The molecule has 0 aromatic carbocycles. The van der Waals surface area contributed by atoms with E-state index in [1.54, 1.807) is 0 Å². The van der Waals surface area contributed by atoms with Gasteiger partial charge in [-0.1, -0.05) is 13.8 Å². The third kappa shape index (κ3) is 7.41. The van der Waals surface area contributed by atoms with Crippen LogP contribution in [0.15, 0.2) is 0 Å². The average molecular weight is 371 g/mol. The molecule has 7 nitrogen and oxygen atoms in total. The van der Waals surface area contributed by atoms with Gasteiger partial charge in [-0.15, -0.1) is 5.06 Å². The molecule has 0 radical (unpaired) electrons. The monoisotopic (exact) mass is 371 g/mol. The summed E-state index contributed by atoms with van der Waals surface area (Å²) in [6.07, 6.45) is 3.34. The largest absolute Gasteiger partial charge is 0.375 e. The number of nitrogens with zero attached hydrogens (tertiary/aromatic N) is 1. The van der Waals surface area contributed by atoms with E-state index in [4.69, 9.17) is 14.3 Å². The van der Waals surface area contributed by atoms with Crippen LogP contribution in [0.1, 0.15) is 79.6 Å². The van der Waals surface area contributed by atoms with Crippen LogP contribution < -0.4 is 0 Å². The number of amides is 2. The van der Waals surface area contributed by atoms with E-state index in [1.165, 1.54) is 0 Å². The summed E-state index contributed by atoms with van der Waals surface area (Å²) in [5.41, 5.74) is -0.723. The minimum absolute atomic E-state index is 0.0709. The van der Waals surface area contributed by atoms with Crippen LogP contribution in [-0.4, -0.2) is 47.3 Å².